The van der Waals surface area contributed by atoms with Crippen LogP contribution in [0, 0.1) is 10.1 Å². The van der Waals surface area contributed by atoms with Crippen LogP contribution >= 0.6 is 0 Å². The first kappa shape index (κ1) is 14.8. The third kappa shape index (κ3) is 4.20. The molecule has 0 spiro atoms. The Morgan fingerprint density at radius 1 is 1.43 bits per heavy atom. The molecule has 1 aromatic carbocycles. The van der Waals surface area contributed by atoms with Crippen LogP contribution in [-0.4, -0.2) is 24.3 Å². The number of esters is 1. The first-order valence-corrected chi connectivity index (χ1v) is 6.44. The van der Waals surface area contributed by atoms with Gasteiger partial charge in [0.2, 0.25) is 12.5 Å². The largest absolute Gasteiger partial charge is 0.466 e. The Morgan fingerprint density at radius 3 is 2.90 bits per heavy atom. The van der Waals surface area contributed by atoms with Crippen LogP contribution in [0.1, 0.15) is 25.3 Å². The Hall–Kier alpha value is -2.57. The molecule has 1 aliphatic heterocycles. The van der Waals surface area contributed by atoms with Crippen LogP contribution in [0.25, 0.3) is 6.08 Å². The van der Waals surface area contributed by atoms with E-state index < -0.39 is 10.9 Å². The van der Waals surface area contributed by atoms with Crippen LogP contribution in [0.3, 0.4) is 0 Å². The Kier molecular flexibility index (Phi) is 4.76. The van der Waals surface area contributed by atoms with E-state index in [1.54, 1.807) is 18.2 Å². The lowest BCUT2D eigenvalue weighted by molar-refractivity contribution is -0.426. The summed E-state index contributed by atoms with van der Waals surface area (Å²) in [5.74, 6) is 0.813. The summed E-state index contributed by atoms with van der Waals surface area (Å²) in [6.07, 6.45) is 2.10. The van der Waals surface area contributed by atoms with Gasteiger partial charge in [-0.3, -0.25) is 14.9 Å². The number of nitro groups is 1. The van der Waals surface area contributed by atoms with Gasteiger partial charge >= 0.3 is 5.97 Å². The van der Waals surface area contributed by atoms with Gasteiger partial charge in [0.1, 0.15) is 0 Å². The molecule has 1 aliphatic rings. The van der Waals surface area contributed by atoms with E-state index in [1.165, 1.54) is 13.0 Å². The van der Waals surface area contributed by atoms with Gasteiger partial charge in [-0.15, -0.1) is 0 Å². The maximum absolute atomic E-state index is 11.0. The number of fused-ring (bicyclic) bond motifs is 1. The summed E-state index contributed by atoms with van der Waals surface area (Å²) >= 11 is 0. The van der Waals surface area contributed by atoms with Crippen molar-refractivity contribution in [3.05, 3.63) is 39.6 Å². The van der Waals surface area contributed by atoms with Crippen molar-refractivity contribution < 1.29 is 23.9 Å². The molecule has 0 atom stereocenters. The van der Waals surface area contributed by atoms with Crippen molar-refractivity contribution in [1.82, 2.24) is 0 Å². The molecule has 0 bridgehead atoms. The van der Waals surface area contributed by atoms with Crippen molar-refractivity contribution in [2.24, 2.45) is 0 Å². The van der Waals surface area contributed by atoms with E-state index in [2.05, 4.69) is 0 Å². The van der Waals surface area contributed by atoms with Crippen molar-refractivity contribution in [1.29, 1.82) is 0 Å². The van der Waals surface area contributed by atoms with E-state index in [4.69, 9.17) is 14.2 Å². The van der Waals surface area contributed by atoms with Gasteiger partial charge in [-0.2, -0.15) is 0 Å². The van der Waals surface area contributed by atoms with Crippen LogP contribution in [0.15, 0.2) is 23.9 Å². The fourth-order valence-corrected chi connectivity index (χ4v) is 1.88. The Bertz CT molecular complexity index is 581. The lowest BCUT2D eigenvalue weighted by atomic mass is 10.1. The van der Waals surface area contributed by atoms with Gasteiger partial charge in [-0.1, -0.05) is 6.07 Å². The minimum Gasteiger partial charge on any atom is -0.466 e. The minimum atomic E-state index is -0.432. The number of nitrogens with zero attached hydrogens (tertiary/aromatic N) is 1. The molecule has 0 saturated heterocycles. The molecule has 0 amide bonds. The van der Waals surface area contributed by atoms with Gasteiger partial charge in [-0.05, 0) is 24.1 Å². The lowest BCUT2D eigenvalue weighted by Gasteiger charge is -2.02. The van der Waals surface area contributed by atoms with Gasteiger partial charge in [0.25, 0.3) is 0 Å². The number of rotatable bonds is 6. The molecule has 2 rings (SSSR count). The topological polar surface area (TPSA) is 87.9 Å². The summed E-state index contributed by atoms with van der Waals surface area (Å²) in [6, 6.07) is 5.13. The summed E-state index contributed by atoms with van der Waals surface area (Å²) in [5.41, 5.74) is 0.722. The molecular weight excluding hydrogens is 278 g/mol. The number of benzene rings is 1. The Labute approximate surface area is 121 Å². The molecule has 1 heterocycles. The van der Waals surface area contributed by atoms with Crippen molar-refractivity contribution in [3.63, 3.8) is 0 Å². The quantitative estimate of drug-likeness (QED) is 0.346. The smallest absolute Gasteiger partial charge is 0.302 e. The average molecular weight is 293 g/mol. The molecule has 0 radical (unpaired) electrons. The number of ether oxygens (including phenoxy) is 3. The van der Waals surface area contributed by atoms with E-state index in [-0.39, 0.29) is 25.5 Å². The number of carbonyl (C=O) groups excluding carboxylic acids is 1. The zero-order chi connectivity index (χ0) is 15.2. The second-order valence-electron chi connectivity index (χ2n) is 4.45. The summed E-state index contributed by atoms with van der Waals surface area (Å²) in [4.78, 5) is 21.2. The molecule has 7 heteroatoms. The zero-order valence-corrected chi connectivity index (χ0v) is 11.5. The molecule has 0 saturated carbocycles. The monoisotopic (exact) mass is 293 g/mol. The molecule has 7 nitrogen and oxygen atoms in total. The molecule has 112 valence electrons. The standard InChI is InChI=1S/C14H15NO6/c1-10(16)19-6-2-3-12(15(17)18)7-11-4-5-13-14(8-11)21-9-20-13/h4-5,7-8H,2-3,6,9H2,1H3/b12-7-. The Balaban J connectivity index is 2.03. The molecule has 0 N–H and O–H groups in total. The van der Waals surface area contributed by atoms with E-state index in [9.17, 15) is 14.9 Å². The SMILES string of the molecule is CC(=O)OCCC/C(=C/c1ccc2c(c1)OCO2)[N+](=O)[O-]. The van der Waals surface area contributed by atoms with Crippen molar-refractivity contribution in [2.45, 2.75) is 19.8 Å². The summed E-state index contributed by atoms with van der Waals surface area (Å²) < 4.78 is 15.2. The summed E-state index contributed by atoms with van der Waals surface area (Å²) in [5, 5.41) is 11.0. The van der Waals surface area contributed by atoms with Crippen LogP contribution < -0.4 is 9.47 Å². The van der Waals surface area contributed by atoms with Crippen LogP contribution in [0.5, 0.6) is 11.5 Å². The van der Waals surface area contributed by atoms with E-state index in [0.717, 1.165) is 0 Å². The van der Waals surface area contributed by atoms with Crippen LogP contribution in [0.4, 0.5) is 0 Å². The third-order valence-electron chi connectivity index (χ3n) is 2.85. The predicted octanol–water partition coefficient (Wildman–Crippen LogP) is 2.38. The second-order valence-corrected chi connectivity index (χ2v) is 4.45. The van der Waals surface area contributed by atoms with E-state index in [1.807, 2.05) is 0 Å². The molecule has 0 fully saturated rings. The summed E-state index contributed by atoms with van der Waals surface area (Å²) in [7, 11) is 0. The first-order valence-electron chi connectivity index (χ1n) is 6.44. The van der Waals surface area contributed by atoms with Crippen molar-refractivity contribution in [2.75, 3.05) is 13.4 Å². The van der Waals surface area contributed by atoms with Gasteiger partial charge in [0, 0.05) is 19.4 Å². The zero-order valence-electron chi connectivity index (χ0n) is 11.5. The molecule has 0 aromatic heterocycles. The fraction of sp³-hybridized carbons (Fsp3) is 0.357. The van der Waals surface area contributed by atoms with E-state index in [0.29, 0.717) is 23.5 Å². The highest BCUT2D eigenvalue weighted by atomic mass is 16.7. The number of carbonyl (C=O) groups is 1. The molecular formula is C14H15NO6. The number of hydrogen-bond acceptors (Lipinski definition) is 6. The molecule has 21 heavy (non-hydrogen) atoms. The highest BCUT2D eigenvalue weighted by Gasteiger charge is 2.15. The van der Waals surface area contributed by atoms with Gasteiger partial charge < -0.3 is 14.2 Å². The third-order valence-corrected chi connectivity index (χ3v) is 2.85. The fourth-order valence-electron chi connectivity index (χ4n) is 1.88. The molecule has 0 aliphatic carbocycles. The number of hydrogen-bond donors (Lipinski definition) is 0. The van der Waals surface area contributed by atoms with Crippen molar-refractivity contribution >= 4 is 12.0 Å². The highest BCUT2D eigenvalue weighted by Crippen LogP contribution is 2.33. The molecule has 0 unspecified atom stereocenters. The van der Waals surface area contributed by atoms with Gasteiger partial charge in [0.15, 0.2) is 11.5 Å². The second kappa shape index (κ2) is 6.74. The minimum absolute atomic E-state index is 0.0565. The first-order chi connectivity index (χ1) is 10.1. The van der Waals surface area contributed by atoms with Crippen LogP contribution in [0.2, 0.25) is 0 Å². The molecule has 1 aromatic rings. The van der Waals surface area contributed by atoms with Crippen molar-refractivity contribution in [3.8, 4) is 11.5 Å². The van der Waals surface area contributed by atoms with Gasteiger partial charge in [-0.25, -0.2) is 0 Å². The van der Waals surface area contributed by atoms with Gasteiger partial charge in [0.05, 0.1) is 11.5 Å². The normalized spacial score (nSPS) is 13.1. The van der Waals surface area contributed by atoms with Crippen LogP contribution in [-0.2, 0) is 9.53 Å². The highest BCUT2D eigenvalue weighted by molar-refractivity contribution is 5.65. The summed E-state index contributed by atoms with van der Waals surface area (Å²) in [6.45, 7) is 1.63. The van der Waals surface area contributed by atoms with E-state index >= 15 is 0 Å². The average Bonchev–Trinajstić information content (AvgIpc) is 2.89. The maximum Gasteiger partial charge on any atom is 0.302 e. The lowest BCUT2D eigenvalue weighted by Crippen LogP contribution is -2.04. The number of allylic oxidation sites excluding steroid dienone is 1. The maximum atomic E-state index is 11.0. The predicted molar refractivity (Wildman–Crippen MR) is 73.4 cm³/mol. The Morgan fingerprint density at radius 2 is 2.19 bits per heavy atom.